The zero-order valence-electron chi connectivity index (χ0n) is 7.13. The molecule has 1 atom stereocenters. The second-order valence-electron chi connectivity index (χ2n) is 2.72. The van der Waals surface area contributed by atoms with Gasteiger partial charge < -0.3 is 15.4 Å². The Morgan fingerprint density at radius 3 is 2.50 bits per heavy atom. The van der Waals surface area contributed by atoms with Crippen LogP contribution in [0.3, 0.4) is 0 Å². The van der Waals surface area contributed by atoms with Crippen LogP contribution in [0, 0.1) is 0 Å². The van der Waals surface area contributed by atoms with Gasteiger partial charge in [0.2, 0.25) is 0 Å². The van der Waals surface area contributed by atoms with Gasteiger partial charge in [0.15, 0.2) is 0 Å². The van der Waals surface area contributed by atoms with Crippen LogP contribution in [0.15, 0.2) is 0 Å². The van der Waals surface area contributed by atoms with Crippen molar-refractivity contribution in [2.45, 2.75) is 13.0 Å². The van der Waals surface area contributed by atoms with Crippen molar-refractivity contribution < 1.29 is 4.74 Å². The van der Waals surface area contributed by atoms with E-state index in [0.29, 0.717) is 6.54 Å². The van der Waals surface area contributed by atoms with Crippen LogP contribution in [0.25, 0.3) is 0 Å². The molecule has 1 unspecified atom stereocenters. The third-order valence-electron chi connectivity index (χ3n) is 1.27. The fraction of sp³-hybridized carbons (Fsp3) is 1.00. The molecule has 0 aliphatic rings. The summed E-state index contributed by atoms with van der Waals surface area (Å²) >= 11 is 0. The van der Waals surface area contributed by atoms with Gasteiger partial charge in [-0.2, -0.15) is 0 Å². The normalized spacial score (nSPS) is 14.1. The van der Waals surface area contributed by atoms with Crippen LogP contribution in [0.2, 0.25) is 0 Å². The molecule has 10 heavy (non-hydrogen) atoms. The standard InChI is InChI=1S/C7H18N2O/c1-7(6-8)10-5-4-9(2)3/h7H,4-6,8H2,1-3H3. The quantitative estimate of drug-likeness (QED) is 0.589. The minimum atomic E-state index is 0.194. The molecule has 0 aliphatic carbocycles. The summed E-state index contributed by atoms with van der Waals surface area (Å²) in [5.74, 6) is 0. The van der Waals surface area contributed by atoms with Crippen molar-refractivity contribution in [3.63, 3.8) is 0 Å². The number of nitrogens with two attached hydrogens (primary N) is 1. The van der Waals surface area contributed by atoms with Gasteiger partial charge in [0.25, 0.3) is 0 Å². The van der Waals surface area contributed by atoms with Crippen LogP contribution in [0.1, 0.15) is 6.92 Å². The maximum atomic E-state index is 5.35. The van der Waals surface area contributed by atoms with Crippen LogP contribution in [-0.4, -0.2) is 44.8 Å². The molecular formula is C7H18N2O. The van der Waals surface area contributed by atoms with Crippen LogP contribution >= 0.6 is 0 Å². The monoisotopic (exact) mass is 146 g/mol. The Bertz CT molecular complexity index is 76.0. The highest BCUT2D eigenvalue weighted by Gasteiger charge is 1.97. The Morgan fingerprint density at radius 2 is 2.10 bits per heavy atom. The highest BCUT2D eigenvalue weighted by atomic mass is 16.5. The maximum absolute atomic E-state index is 5.35. The molecule has 0 aliphatic heterocycles. The molecule has 0 aromatic rings. The molecule has 0 aromatic carbocycles. The molecule has 0 heterocycles. The fourth-order valence-electron chi connectivity index (χ4n) is 0.505. The summed E-state index contributed by atoms with van der Waals surface area (Å²) in [6.07, 6.45) is 0.194. The molecule has 0 saturated carbocycles. The topological polar surface area (TPSA) is 38.5 Å². The molecule has 3 nitrogen and oxygen atoms in total. The zero-order valence-corrected chi connectivity index (χ0v) is 7.13. The summed E-state index contributed by atoms with van der Waals surface area (Å²) in [6, 6.07) is 0. The Kier molecular flexibility index (Phi) is 5.58. The van der Waals surface area contributed by atoms with Crippen molar-refractivity contribution in [3.8, 4) is 0 Å². The largest absolute Gasteiger partial charge is 0.376 e. The van der Waals surface area contributed by atoms with E-state index in [0.717, 1.165) is 13.2 Å². The van der Waals surface area contributed by atoms with Crippen molar-refractivity contribution in [1.29, 1.82) is 0 Å². The molecule has 0 saturated heterocycles. The van der Waals surface area contributed by atoms with Gasteiger partial charge in [-0.15, -0.1) is 0 Å². The van der Waals surface area contributed by atoms with Crippen molar-refractivity contribution in [1.82, 2.24) is 4.90 Å². The van der Waals surface area contributed by atoms with E-state index in [-0.39, 0.29) is 6.10 Å². The summed E-state index contributed by atoms with van der Waals surface area (Å²) in [5, 5.41) is 0. The lowest BCUT2D eigenvalue weighted by Crippen LogP contribution is -2.25. The average Bonchev–Trinajstić information content (AvgIpc) is 1.87. The van der Waals surface area contributed by atoms with Crippen molar-refractivity contribution >= 4 is 0 Å². The molecule has 0 fully saturated rings. The molecule has 0 radical (unpaired) electrons. The maximum Gasteiger partial charge on any atom is 0.0669 e. The second-order valence-corrected chi connectivity index (χ2v) is 2.72. The minimum absolute atomic E-state index is 0.194. The van der Waals surface area contributed by atoms with E-state index in [9.17, 15) is 0 Å². The number of hydrogen-bond donors (Lipinski definition) is 1. The lowest BCUT2D eigenvalue weighted by molar-refractivity contribution is 0.0615. The van der Waals surface area contributed by atoms with E-state index in [1.165, 1.54) is 0 Å². The number of hydrogen-bond acceptors (Lipinski definition) is 3. The van der Waals surface area contributed by atoms with E-state index in [1.54, 1.807) is 0 Å². The second kappa shape index (κ2) is 5.65. The summed E-state index contributed by atoms with van der Waals surface area (Å²) in [7, 11) is 4.05. The first-order chi connectivity index (χ1) is 4.66. The molecule has 3 heteroatoms. The van der Waals surface area contributed by atoms with Gasteiger partial charge in [-0.1, -0.05) is 0 Å². The van der Waals surface area contributed by atoms with E-state index in [4.69, 9.17) is 10.5 Å². The SMILES string of the molecule is CC(CN)OCCN(C)C. The van der Waals surface area contributed by atoms with Gasteiger partial charge in [0.1, 0.15) is 0 Å². The van der Waals surface area contributed by atoms with Crippen LogP contribution < -0.4 is 5.73 Å². The number of likely N-dealkylation sites (N-methyl/N-ethyl adjacent to an activating group) is 1. The van der Waals surface area contributed by atoms with E-state index >= 15 is 0 Å². The predicted molar refractivity (Wildman–Crippen MR) is 43.0 cm³/mol. The number of rotatable bonds is 5. The molecular weight excluding hydrogens is 128 g/mol. The van der Waals surface area contributed by atoms with E-state index in [1.807, 2.05) is 21.0 Å². The highest BCUT2D eigenvalue weighted by molar-refractivity contribution is 4.49. The Hall–Kier alpha value is -0.120. The number of nitrogens with zero attached hydrogens (tertiary/aromatic N) is 1. The first-order valence-corrected chi connectivity index (χ1v) is 3.63. The van der Waals surface area contributed by atoms with Gasteiger partial charge in [0.05, 0.1) is 12.7 Å². The summed E-state index contributed by atoms with van der Waals surface area (Å²) in [4.78, 5) is 2.09. The van der Waals surface area contributed by atoms with Crippen LogP contribution in [-0.2, 0) is 4.74 Å². The first-order valence-electron chi connectivity index (χ1n) is 3.63. The average molecular weight is 146 g/mol. The lowest BCUT2D eigenvalue weighted by atomic mass is 10.4. The van der Waals surface area contributed by atoms with Gasteiger partial charge in [-0.3, -0.25) is 0 Å². The van der Waals surface area contributed by atoms with Crippen LogP contribution in [0.4, 0.5) is 0 Å². The molecule has 0 spiro atoms. The van der Waals surface area contributed by atoms with E-state index < -0.39 is 0 Å². The highest BCUT2D eigenvalue weighted by Crippen LogP contribution is 1.86. The minimum Gasteiger partial charge on any atom is -0.376 e. The summed E-state index contributed by atoms with van der Waals surface area (Å²) in [5.41, 5.74) is 5.35. The third-order valence-corrected chi connectivity index (χ3v) is 1.27. The smallest absolute Gasteiger partial charge is 0.0669 e. The zero-order chi connectivity index (χ0) is 7.98. The van der Waals surface area contributed by atoms with Crippen molar-refractivity contribution in [2.24, 2.45) is 5.73 Å². The van der Waals surface area contributed by atoms with Gasteiger partial charge in [-0.25, -0.2) is 0 Å². The molecule has 0 rings (SSSR count). The molecule has 0 aromatic heterocycles. The number of ether oxygens (including phenoxy) is 1. The van der Waals surface area contributed by atoms with Crippen molar-refractivity contribution in [2.75, 3.05) is 33.8 Å². The fourth-order valence-corrected chi connectivity index (χ4v) is 0.505. The summed E-state index contributed by atoms with van der Waals surface area (Å²) in [6.45, 7) is 4.32. The Labute approximate surface area is 63.1 Å². The lowest BCUT2D eigenvalue weighted by Gasteiger charge is -2.13. The van der Waals surface area contributed by atoms with Gasteiger partial charge >= 0.3 is 0 Å². The van der Waals surface area contributed by atoms with E-state index in [2.05, 4.69) is 4.90 Å². The van der Waals surface area contributed by atoms with Gasteiger partial charge in [0, 0.05) is 13.1 Å². The molecule has 62 valence electrons. The molecule has 0 amide bonds. The predicted octanol–water partition coefficient (Wildman–Crippen LogP) is -0.0882. The Morgan fingerprint density at radius 1 is 1.50 bits per heavy atom. The van der Waals surface area contributed by atoms with Gasteiger partial charge in [-0.05, 0) is 21.0 Å². The van der Waals surface area contributed by atoms with Crippen molar-refractivity contribution in [3.05, 3.63) is 0 Å². The van der Waals surface area contributed by atoms with Crippen LogP contribution in [0.5, 0.6) is 0 Å². The molecule has 0 bridgehead atoms. The Balaban J connectivity index is 3.03. The molecule has 2 N–H and O–H groups in total. The first kappa shape index (κ1) is 9.88. The third kappa shape index (κ3) is 6.01. The summed E-state index contributed by atoms with van der Waals surface area (Å²) < 4.78 is 5.34.